The Balaban J connectivity index is 2.09. The van der Waals surface area contributed by atoms with E-state index < -0.39 is 63.0 Å². The van der Waals surface area contributed by atoms with Gasteiger partial charge < -0.3 is 18.5 Å². The minimum absolute atomic E-state index is 0.126. The predicted molar refractivity (Wildman–Crippen MR) is 106 cm³/mol. The van der Waals surface area contributed by atoms with Gasteiger partial charge in [0, 0.05) is 6.07 Å². The van der Waals surface area contributed by atoms with Gasteiger partial charge in [-0.15, -0.1) is 0 Å². The number of sulfonamides is 1. The maximum atomic E-state index is 15.5. The zero-order valence-corrected chi connectivity index (χ0v) is 18.3. The molecule has 0 saturated carbocycles. The van der Waals surface area contributed by atoms with Crippen LogP contribution in [0.2, 0.25) is 0 Å². The van der Waals surface area contributed by atoms with Crippen LogP contribution in [0.5, 0.6) is 5.75 Å². The van der Waals surface area contributed by atoms with Gasteiger partial charge >= 0.3 is 7.12 Å². The van der Waals surface area contributed by atoms with Crippen LogP contribution in [0.4, 0.5) is 14.5 Å². The molecule has 1 atom stereocenters. The van der Waals surface area contributed by atoms with E-state index in [0.717, 1.165) is 12.3 Å². The molecule has 1 aliphatic rings. The predicted octanol–water partition coefficient (Wildman–Crippen LogP) is 2.76. The molecule has 0 aliphatic carbocycles. The number of nitrogens with one attached hydrogen (secondary N) is 1. The number of anilines is 1. The third-order valence-corrected chi connectivity index (χ3v) is 5.68. The Hall–Kier alpha value is -2.18. The fourth-order valence-corrected chi connectivity index (χ4v) is 3.40. The summed E-state index contributed by atoms with van der Waals surface area (Å²) in [6.45, 7) is 8.48. The van der Waals surface area contributed by atoms with Gasteiger partial charge in [-0.05, 0) is 34.6 Å². The highest BCUT2D eigenvalue weighted by atomic mass is 32.2. The number of halogens is 2. The number of hydrogen-bond donors (Lipinski definition) is 1. The number of ether oxygens (including phenoxy) is 1. The molecule has 0 bridgehead atoms. The van der Waals surface area contributed by atoms with Crippen LogP contribution in [0.15, 0.2) is 22.9 Å². The smallest absolute Gasteiger partial charge is 0.476 e. The van der Waals surface area contributed by atoms with Crippen molar-refractivity contribution in [2.45, 2.75) is 51.9 Å². The Morgan fingerprint density at radius 3 is 2.30 bits per heavy atom. The molecular formula is C18H23BF2N2O6S. The summed E-state index contributed by atoms with van der Waals surface area (Å²) in [7, 11) is -5.22. The summed E-state index contributed by atoms with van der Waals surface area (Å²) in [6, 6.07) is 0.822. The van der Waals surface area contributed by atoms with Gasteiger partial charge in [-0.2, -0.15) is 0 Å². The summed E-state index contributed by atoms with van der Waals surface area (Å²) in [5.41, 5.74) is -2.62. The minimum Gasteiger partial charge on any atom is -0.476 e. The second-order valence-electron chi connectivity index (χ2n) is 8.06. The fourth-order valence-electron chi connectivity index (χ4n) is 2.85. The van der Waals surface area contributed by atoms with E-state index in [2.05, 4.69) is 9.71 Å². The molecule has 1 unspecified atom stereocenters. The summed E-state index contributed by atoms with van der Waals surface area (Å²) < 4.78 is 78.2. The first-order valence-electron chi connectivity index (χ1n) is 9.13. The monoisotopic (exact) mass is 444 g/mol. The Morgan fingerprint density at radius 1 is 1.20 bits per heavy atom. The van der Waals surface area contributed by atoms with Gasteiger partial charge in [0.1, 0.15) is 12.1 Å². The molecule has 1 N–H and O–H groups in total. The van der Waals surface area contributed by atoms with Crippen LogP contribution in [0.3, 0.4) is 0 Å². The van der Waals surface area contributed by atoms with Crippen molar-refractivity contribution in [2.24, 2.45) is 0 Å². The molecular weight excluding hydrogens is 421 g/mol. The third kappa shape index (κ3) is 4.30. The van der Waals surface area contributed by atoms with Crippen LogP contribution in [0, 0.1) is 11.6 Å². The van der Waals surface area contributed by atoms with E-state index in [0.29, 0.717) is 0 Å². The summed E-state index contributed by atoms with van der Waals surface area (Å²) in [5, 5.41) is 0. The minimum atomic E-state index is -3.86. The van der Waals surface area contributed by atoms with Crippen molar-refractivity contribution in [3.63, 3.8) is 0 Å². The second-order valence-corrected chi connectivity index (χ2v) is 9.80. The maximum absolute atomic E-state index is 15.5. The molecule has 30 heavy (non-hydrogen) atoms. The van der Waals surface area contributed by atoms with Crippen molar-refractivity contribution in [3.05, 3.63) is 36.1 Å². The van der Waals surface area contributed by atoms with Crippen molar-refractivity contribution in [1.82, 2.24) is 4.98 Å². The molecule has 0 radical (unpaired) electrons. The zero-order chi connectivity index (χ0) is 22.5. The summed E-state index contributed by atoms with van der Waals surface area (Å²) in [4.78, 5) is 3.93. The van der Waals surface area contributed by atoms with E-state index in [1.165, 1.54) is 19.4 Å². The van der Waals surface area contributed by atoms with Crippen molar-refractivity contribution < 1.29 is 35.7 Å². The molecule has 1 fully saturated rings. The molecule has 3 rings (SSSR count). The molecule has 2 aromatic rings. The highest BCUT2D eigenvalue weighted by Crippen LogP contribution is 2.39. The molecule has 12 heteroatoms. The Morgan fingerprint density at radius 2 is 1.80 bits per heavy atom. The van der Waals surface area contributed by atoms with Gasteiger partial charge in [-0.1, -0.05) is 0 Å². The van der Waals surface area contributed by atoms with E-state index in [1.54, 1.807) is 27.7 Å². The Kier molecular flexibility index (Phi) is 5.63. The van der Waals surface area contributed by atoms with Crippen LogP contribution in [0.25, 0.3) is 0 Å². The van der Waals surface area contributed by atoms with Crippen molar-refractivity contribution in [2.75, 3.05) is 11.0 Å². The topological polar surface area (TPSA) is 99.9 Å². The average molecular weight is 444 g/mol. The van der Waals surface area contributed by atoms with Crippen molar-refractivity contribution in [1.29, 1.82) is 0 Å². The largest absolute Gasteiger partial charge is 0.501 e. The van der Waals surface area contributed by atoms with E-state index in [-0.39, 0.29) is 5.89 Å². The first-order chi connectivity index (χ1) is 13.7. The molecule has 8 nitrogen and oxygen atoms in total. The zero-order valence-electron chi connectivity index (χ0n) is 17.4. The molecule has 164 valence electrons. The standard InChI is InChI=1S/C18H23BF2N2O6S/c1-10(16-22-7-8-26-16)27-15-12(23-30(6,24)25)9-11(20)13(14(15)21)19-28-17(2,3)18(4,5)29-19/h7-10,23H,1-6H3. The van der Waals surface area contributed by atoms with Gasteiger partial charge in [0.2, 0.25) is 15.9 Å². The highest BCUT2D eigenvalue weighted by molar-refractivity contribution is 7.92. The lowest BCUT2D eigenvalue weighted by Gasteiger charge is -2.32. The van der Waals surface area contributed by atoms with Gasteiger partial charge in [-0.25, -0.2) is 22.2 Å². The highest BCUT2D eigenvalue weighted by Gasteiger charge is 2.53. The van der Waals surface area contributed by atoms with E-state index in [1.807, 2.05) is 0 Å². The quantitative estimate of drug-likeness (QED) is 0.684. The number of aromatic nitrogens is 1. The van der Waals surface area contributed by atoms with E-state index in [9.17, 15) is 12.8 Å². The average Bonchev–Trinajstić information content (AvgIpc) is 3.16. The Labute approximate surface area is 174 Å². The SMILES string of the molecule is CC(Oc1c(NS(C)(=O)=O)cc(F)c(B2OC(C)(C)C(C)(C)O2)c1F)c1ncco1. The van der Waals surface area contributed by atoms with Crippen LogP contribution in [-0.2, 0) is 19.3 Å². The van der Waals surface area contributed by atoms with E-state index in [4.69, 9.17) is 18.5 Å². The van der Waals surface area contributed by atoms with Crippen LogP contribution < -0.4 is 14.9 Å². The summed E-state index contributed by atoms with van der Waals surface area (Å²) in [5.74, 6) is -2.61. The van der Waals surface area contributed by atoms with Crippen molar-refractivity contribution in [3.8, 4) is 5.75 Å². The van der Waals surface area contributed by atoms with Gasteiger partial charge in [-0.3, -0.25) is 4.72 Å². The third-order valence-electron chi connectivity index (χ3n) is 5.09. The first kappa shape index (κ1) is 22.5. The summed E-state index contributed by atoms with van der Waals surface area (Å²) >= 11 is 0. The number of nitrogens with zero attached hydrogens (tertiary/aromatic N) is 1. The molecule has 0 spiro atoms. The molecule has 1 aliphatic heterocycles. The fraction of sp³-hybridized carbons (Fsp3) is 0.500. The summed E-state index contributed by atoms with van der Waals surface area (Å²) in [6.07, 6.45) is 2.64. The molecule has 2 heterocycles. The molecule has 0 amide bonds. The van der Waals surface area contributed by atoms with E-state index >= 15 is 4.39 Å². The molecule has 1 saturated heterocycles. The van der Waals surface area contributed by atoms with Crippen LogP contribution >= 0.6 is 0 Å². The number of rotatable bonds is 6. The number of benzene rings is 1. The number of oxazole rings is 1. The first-order valence-corrected chi connectivity index (χ1v) is 11.0. The van der Waals surface area contributed by atoms with Crippen molar-refractivity contribution >= 4 is 28.3 Å². The molecule has 1 aromatic heterocycles. The lowest BCUT2D eigenvalue weighted by Crippen LogP contribution is -2.41. The lowest BCUT2D eigenvalue weighted by molar-refractivity contribution is 0.00578. The molecule has 1 aromatic carbocycles. The van der Waals surface area contributed by atoms with Gasteiger partial charge in [0.15, 0.2) is 17.7 Å². The second kappa shape index (κ2) is 7.50. The van der Waals surface area contributed by atoms with Gasteiger partial charge in [0.05, 0.1) is 34.8 Å². The normalized spacial score (nSPS) is 19.0. The van der Waals surface area contributed by atoms with Gasteiger partial charge in [0.25, 0.3) is 0 Å². The van der Waals surface area contributed by atoms with Crippen LogP contribution in [-0.4, -0.2) is 38.0 Å². The van der Waals surface area contributed by atoms with Crippen LogP contribution in [0.1, 0.15) is 46.6 Å². The number of hydrogen-bond acceptors (Lipinski definition) is 7. The lowest BCUT2D eigenvalue weighted by atomic mass is 9.77. The Bertz CT molecular complexity index is 1030. The maximum Gasteiger partial charge on any atom is 0.501 e.